The van der Waals surface area contributed by atoms with Crippen molar-refractivity contribution in [3.05, 3.63) is 66.9 Å². The van der Waals surface area contributed by atoms with Gasteiger partial charge in [0.25, 0.3) is 10.0 Å². The number of hydrogen-bond donors (Lipinski definition) is 0. The molecule has 0 N–H and O–H groups in total. The first-order chi connectivity index (χ1) is 11.0. The maximum absolute atomic E-state index is 13.0. The number of rotatable bonds is 4. The first-order valence-corrected chi connectivity index (χ1v) is 8.57. The summed E-state index contributed by atoms with van der Waals surface area (Å²) in [6.45, 7) is 0. The molecular weight excluding hydrogens is 310 g/mol. The maximum Gasteiger partial charge on any atom is 0.267 e. The molecule has 0 radical (unpaired) electrons. The lowest BCUT2D eigenvalue weighted by molar-refractivity contribution is 0.594. The van der Waals surface area contributed by atoms with Crippen molar-refractivity contribution in [3.8, 4) is 11.3 Å². The first-order valence-electron chi connectivity index (χ1n) is 7.13. The Labute approximate surface area is 135 Å². The second-order valence-electron chi connectivity index (χ2n) is 5.19. The molecule has 0 saturated heterocycles. The second-order valence-corrected chi connectivity index (χ2v) is 7.13. The summed E-state index contributed by atoms with van der Waals surface area (Å²) in [5, 5.41) is 4.33. The van der Waals surface area contributed by atoms with E-state index in [0.29, 0.717) is 11.4 Å². The Morgan fingerprint density at radius 2 is 1.52 bits per heavy atom. The highest BCUT2D eigenvalue weighted by molar-refractivity contribution is 7.93. The van der Waals surface area contributed by atoms with Crippen molar-refractivity contribution in [2.45, 2.75) is 4.90 Å². The lowest BCUT2D eigenvalue weighted by Gasteiger charge is -2.19. The Hall–Kier alpha value is -2.60. The van der Waals surface area contributed by atoms with Gasteiger partial charge in [0.15, 0.2) is 0 Å². The summed E-state index contributed by atoms with van der Waals surface area (Å²) >= 11 is 0. The standard InChI is InChI=1S/C17H17N3O2S/c1-19-13-16(17(18-19)14-9-5-3-6-10-14)23(21,22)20(2)15-11-7-4-8-12-15/h3-13H,1-2H3. The van der Waals surface area contributed by atoms with Crippen LogP contribution in [0.2, 0.25) is 0 Å². The van der Waals surface area contributed by atoms with Crippen LogP contribution >= 0.6 is 0 Å². The normalized spacial score (nSPS) is 11.4. The van der Waals surface area contributed by atoms with Gasteiger partial charge in [-0.1, -0.05) is 48.5 Å². The van der Waals surface area contributed by atoms with Crippen LogP contribution in [0.3, 0.4) is 0 Å². The fourth-order valence-corrected chi connectivity index (χ4v) is 3.76. The predicted molar refractivity (Wildman–Crippen MR) is 90.7 cm³/mol. The topological polar surface area (TPSA) is 55.2 Å². The molecule has 23 heavy (non-hydrogen) atoms. The Kier molecular flexibility index (Phi) is 3.92. The van der Waals surface area contributed by atoms with Gasteiger partial charge in [0.1, 0.15) is 10.6 Å². The van der Waals surface area contributed by atoms with E-state index < -0.39 is 10.0 Å². The average molecular weight is 327 g/mol. The number of benzene rings is 2. The zero-order valence-corrected chi connectivity index (χ0v) is 13.7. The molecule has 1 aromatic heterocycles. The molecule has 0 aliphatic rings. The quantitative estimate of drug-likeness (QED) is 0.740. The van der Waals surface area contributed by atoms with E-state index in [4.69, 9.17) is 0 Å². The summed E-state index contributed by atoms with van der Waals surface area (Å²) in [7, 11) is -0.436. The van der Waals surface area contributed by atoms with Gasteiger partial charge in [-0.3, -0.25) is 8.99 Å². The van der Waals surface area contributed by atoms with Gasteiger partial charge >= 0.3 is 0 Å². The Morgan fingerprint density at radius 3 is 2.13 bits per heavy atom. The van der Waals surface area contributed by atoms with Crippen LogP contribution in [-0.2, 0) is 17.1 Å². The molecule has 2 aromatic carbocycles. The zero-order chi connectivity index (χ0) is 16.4. The average Bonchev–Trinajstić information content (AvgIpc) is 2.98. The van der Waals surface area contributed by atoms with Crippen LogP contribution in [0, 0.1) is 0 Å². The molecule has 0 fully saturated rings. The van der Waals surface area contributed by atoms with E-state index in [0.717, 1.165) is 5.56 Å². The van der Waals surface area contributed by atoms with Crippen LogP contribution in [0.5, 0.6) is 0 Å². The summed E-state index contributed by atoms with van der Waals surface area (Å²) in [6, 6.07) is 18.3. The van der Waals surface area contributed by atoms with Crippen LogP contribution in [0.1, 0.15) is 0 Å². The van der Waals surface area contributed by atoms with Crippen LogP contribution in [0.25, 0.3) is 11.3 Å². The van der Waals surface area contributed by atoms with Crippen LogP contribution in [0.4, 0.5) is 5.69 Å². The fraction of sp³-hybridized carbons (Fsp3) is 0.118. The Balaban J connectivity index is 2.11. The summed E-state index contributed by atoms with van der Waals surface area (Å²) in [5.74, 6) is 0. The monoisotopic (exact) mass is 327 g/mol. The van der Waals surface area contributed by atoms with E-state index in [1.807, 2.05) is 48.5 Å². The van der Waals surface area contributed by atoms with Crippen molar-refractivity contribution >= 4 is 15.7 Å². The molecule has 6 heteroatoms. The SMILES string of the molecule is CN(c1ccccc1)S(=O)(=O)c1cn(C)nc1-c1ccccc1. The molecule has 118 valence electrons. The van der Waals surface area contributed by atoms with Crippen molar-refractivity contribution in [2.24, 2.45) is 7.05 Å². The molecule has 3 rings (SSSR count). The minimum Gasteiger partial charge on any atom is -0.274 e. The van der Waals surface area contributed by atoms with E-state index in [9.17, 15) is 8.42 Å². The number of aryl methyl sites for hydroxylation is 1. The third-order valence-electron chi connectivity index (χ3n) is 3.60. The molecular formula is C17H17N3O2S. The zero-order valence-electron chi connectivity index (χ0n) is 12.9. The smallest absolute Gasteiger partial charge is 0.267 e. The first kappa shape index (κ1) is 15.3. The van der Waals surface area contributed by atoms with E-state index in [2.05, 4.69) is 5.10 Å². The second kappa shape index (κ2) is 5.89. The number of sulfonamides is 1. The lowest BCUT2D eigenvalue weighted by Crippen LogP contribution is -2.26. The highest BCUT2D eigenvalue weighted by Gasteiger charge is 2.27. The molecule has 0 saturated carbocycles. The fourth-order valence-electron chi connectivity index (χ4n) is 2.38. The molecule has 0 unspecified atom stereocenters. The molecule has 0 aliphatic carbocycles. The van der Waals surface area contributed by atoms with Crippen LogP contribution in [0.15, 0.2) is 71.8 Å². The van der Waals surface area contributed by atoms with E-state index in [1.54, 1.807) is 26.2 Å². The molecule has 0 spiro atoms. The van der Waals surface area contributed by atoms with Crippen molar-refractivity contribution in [1.82, 2.24) is 9.78 Å². The molecule has 0 amide bonds. The van der Waals surface area contributed by atoms with Gasteiger partial charge in [0, 0.05) is 25.9 Å². The molecule has 0 aliphatic heterocycles. The van der Waals surface area contributed by atoms with Gasteiger partial charge in [0.2, 0.25) is 0 Å². The molecule has 5 nitrogen and oxygen atoms in total. The van der Waals surface area contributed by atoms with Gasteiger partial charge in [-0.2, -0.15) is 5.10 Å². The lowest BCUT2D eigenvalue weighted by atomic mass is 10.2. The highest BCUT2D eigenvalue weighted by Crippen LogP contribution is 2.29. The van der Waals surface area contributed by atoms with Gasteiger partial charge in [0.05, 0.1) is 5.69 Å². The van der Waals surface area contributed by atoms with Gasteiger partial charge in [-0.25, -0.2) is 8.42 Å². The van der Waals surface area contributed by atoms with Crippen LogP contribution < -0.4 is 4.31 Å². The van der Waals surface area contributed by atoms with E-state index in [1.165, 1.54) is 15.2 Å². The minimum absolute atomic E-state index is 0.192. The maximum atomic E-state index is 13.0. The molecule has 0 atom stereocenters. The van der Waals surface area contributed by atoms with Crippen LogP contribution in [-0.4, -0.2) is 25.2 Å². The van der Waals surface area contributed by atoms with E-state index in [-0.39, 0.29) is 4.90 Å². The summed E-state index contributed by atoms with van der Waals surface area (Å²) < 4.78 is 28.8. The summed E-state index contributed by atoms with van der Waals surface area (Å²) in [4.78, 5) is 0.192. The third-order valence-corrected chi connectivity index (χ3v) is 5.39. The molecule has 0 bridgehead atoms. The summed E-state index contributed by atoms with van der Waals surface area (Å²) in [6.07, 6.45) is 1.54. The van der Waals surface area contributed by atoms with Gasteiger partial charge in [-0.15, -0.1) is 0 Å². The minimum atomic E-state index is -3.70. The Bertz CT molecular complexity index is 904. The third kappa shape index (κ3) is 2.85. The van der Waals surface area contributed by atoms with Gasteiger partial charge < -0.3 is 0 Å². The largest absolute Gasteiger partial charge is 0.274 e. The predicted octanol–water partition coefficient (Wildman–Crippen LogP) is 2.91. The van der Waals surface area contributed by atoms with Gasteiger partial charge in [-0.05, 0) is 12.1 Å². The molecule has 1 heterocycles. The number of aromatic nitrogens is 2. The number of hydrogen-bond acceptors (Lipinski definition) is 3. The molecule has 3 aromatic rings. The number of para-hydroxylation sites is 1. The Morgan fingerprint density at radius 1 is 0.957 bits per heavy atom. The van der Waals surface area contributed by atoms with E-state index >= 15 is 0 Å². The van der Waals surface area contributed by atoms with Crippen molar-refractivity contribution < 1.29 is 8.42 Å². The van der Waals surface area contributed by atoms with Crippen molar-refractivity contribution in [2.75, 3.05) is 11.4 Å². The number of anilines is 1. The highest BCUT2D eigenvalue weighted by atomic mass is 32.2. The van der Waals surface area contributed by atoms with Crippen molar-refractivity contribution in [3.63, 3.8) is 0 Å². The van der Waals surface area contributed by atoms with Crippen molar-refractivity contribution in [1.29, 1.82) is 0 Å². The number of nitrogens with zero attached hydrogens (tertiary/aromatic N) is 3. The summed E-state index contributed by atoms with van der Waals surface area (Å²) in [5.41, 5.74) is 1.83.